The van der Waals surface area contributed by atoms with Crippen molar-refractivity contribution in [2.45, 2.75) is 0 Å². The third kappa shape index (κ3) is 1.88. The van der Waals surface area contributed by atoms with Gasteiger partial charge in [0.15, 0.2) is 0 Å². The molecule has 4 heteroatoms. The van der Waals surface area contributed by atoms with Crippen LogP contribution in [0.3, 0.4) is 0 Å². The fourth-order valence-electron chi connectivity index (χ4n) is 1.58. The number of aromatic hydroxyl groups is 1. The number of phenolic OH excluding ortho intramolecular Hbond substituents is 1. The lowest BCUT2D eigenvalue weighted by atomic mass is 10.1. The molecule has 0 aromatic heterocycles. The molecule has 1 aliphatic rings. The Balaban J connectivity index is 2.34. The number of anilines is 1. The Labute approximate surface area is 89.2 Å². The van der Waals surface area contributed by atoms with Gasteiger partial charge in [-0.1, -0.05) is 0 Å². The van der Waals surface area contributed by atoms with E-state index in [1.165, 1.54) is 0 Å². The topological polar surface area (TPSA) is 47.9 Å². The van der Waals surface area contributed by atoms with Gasteiger partial charge in [-0.2, -0.15) is 0 Å². The molecule has 80 valence electrons. The zero-order chi connectivity index (χ0) is 10.8. The molecule has 0 saturated heterocycles. The zero-order valence-electron chi connectivity index (χ0n) is 8.99. The Kier molecular flexibility index (Phi) is 2.49. The van der Waals surface area contributed by atoms with E-state index in [9.17, 15) is 5.11 Å². The standard InChI is InChI=1S/C11H15N3O/c1-14(2)8-3-4-9(10(15)7-8)11-12-5-6-13-11/h3-4,7,15H,5-6H2,1-2H3,(H,12,13). The van der Waals surface area contributed by atoms with E-state index in [0.29, 0.717) is 0 Å². The summed E-state index contributed by atoms with van der Waals surface area (Å²) in [5.41, 5.74) is 1.76. The third-order valence-corrected chi connectivity index (χ3v) is 2.43. The quantitative estimate of drug-likeness (QED) is 0.751. The number of hydrogen-bond acceptors (Lipinski definition) is 4. The molecule has 1 aromatic rings. The van der Waals surface area contributed by atoms with Gasteiger partial charge in [0.05, 0.1) is 12.1 Å². The van der Waals surface area contributed by atoms with E-state index >= 15 is 0 Å². The Morgan fingerprint density at radius 1 is 1.40 bits per heavy atom. The molecular formula is C11H15N3O. The van der Waals surface area contributed by atoms with Crippen molar-refractivity contribution in [1.82, 2.24) is 5.32 Å². The number of nitrogens with zero attached hydrogens (tertiary/aromatic N) is 2. The monoisotopic (exact) mass is 205 g/mol. The van der Waals surface area contributed by atoms with E-state index in [1.54, 1.807) is 6.07 Å². The smallest absolute Gasteiger partial charge is 0.132 e. The van der Waals surface area contributed by atoms with Gasteiger partial charge in [0.2, 0.25) is 0 Å². The average Bonchev–Trinajstić information content (AvgIpc) is 2.70. The molecule has 0 saturated carbocycles. The molecule has 0 radical (unpaired) electrons. The van der Waals surface area contributed by atoms with Gasteiger partial charge >= 0.3 is 0 Å². The highest BCUT2D eigenvalue weighted by atomic mass is 16.3. The largest absolute Gasteiger partial charge is 0.507 e. The molecule has 1 aliphatic heterocycles. The SMILES string of the molecule is CN(C)c1ccc(C2=NCCN2)c(O)c1. The molecule has 0 amide bonds. The van der Waals surface area contributed by atoms with Crippen LogP contribution in [0, 0.1) is 0 Å². The first-order valence-corrected chi connectivity index (χ1v) is 4.97. The number of rotatable bonds is 2. The van der Waals surface area contributed by atoms with Gasteiger partial charge in [0, 0.05) is 32.4 Å². The van der Waals surface area contributed by atoms with Gasteiger partial charge in [-0.05, 0) is 12.1 Å². The van der Waals surface area contributed by atoms with Gasteiger partial charge in [0.1, 0.15) is 11.6 Å². The van der Waals surface area contributed by atoms with E-state index < -0.39 is 0 Å². The van der Waals surface area contributed by atoms with Crippen LogP contribution in [0.2, 0.25) is 0 Å². The molecule has 0 atom stereocenters. The molecule has 1 heterocycles. The minimum atomic E-state index is 0.273. The minimum Gasteiger partial charge on any atom is -0.507 e. The Hall–Kier alpha value is -1.71. The van der Waals surface area contributed by atoms with Crippen molar-refractivity contribution in [3.8, 4) is 5.75 Å². The Morgan fingerprint density at radius 3 is 2.73 bits per heavy atom. The number of aliphatic imine (C=N–C) groups is 1. The molecule has 2 N–H and O–H groups in total. The van der Waals surface area contributed by atoms with Crippen molar-refractivity contribution in [3.05, 3.63) is 23.8 Å². The van der Waals surface area contributed by atoms with E-state index in [2.05, 4.69) is 10.3 Å². The van der Waals surface area contributed by atoms with E-state index in [1.807, 2.05) is 31.1 Å². The van der Waals surface area contributed by atoms with Gasteiger partial charge in [-0.25, -0.2) is 0 Å². The minimum absolute atomic E-state index is 0.273. The number of amidine groups is 1. The first-order chi connectivity index (χ1) is 7.18. The summed E-state index contributed by atoms with van der Waals surface area (Å²) in [7, 11) is 3.89. The zero-order valence-corrected chi connectivity index (χ0v) is 8.99. The summed E-state index contributed by atoms with van der Waals surface area (Å²) < 4.78 is 0. The van der Waals surface area contributed by atoms with Crippen LogP contribution in [0.4, 0.5) is 5.69 Å². The summed E-state index contributed by atoms with van der Waals surface area (Å²) in [5.74, 6) is 1.06. The first kappa shape index (κ1) is 9.83. The summed E-state index contributed by atoms with van der Waals surface area (Å²) in [6.07, 6.45) is 0. The molecule has 2 rings (SSSR count). The first-order valence-electron chi connectivity index (χ1n) is 4.97. The summed E-state index contributed by atoms with van der Waals surface area (Å²) in [6.45, 7) is 1.63. The predicted molar refractivity (Wildman–Crippen MR) is 61.8 cm³/mol. The predicted octanol–water partition coefficient (Wildman–Crippen LogP) is 0.808. The molecule has 1 aromatic carbocycles. The van der Waals surface area contributed by atoms with Crippen LogP contribution in [0.5, 0.6) is 5.75 Å². The molecule has 0 bridgehead atoms. The van der Waals surface area contributed by atoms with E-state index in [4.69, 9.17) is 0 Å². The van der Waals surface area contributed by atoms with E-state index in [0.717, 1.165) is 30.2 Å². The lowest BCUT2D eigenvalue weighted by Crippen LogP contribution is -2.19. The second-order valence-corrected chi connectivity index (χ2v) is 3.75. The van der Waals surface area contributed by atoms with Crippen molar-refractivity contribution >= 4 is 11.5 Å². The molecular weight excluding hydrogens is 190 g/mol. The van der Waals surface area contributed by atoms with Crippen molar-refractivity contribution in [1.29, 1.82) is 0 Å². The summed E-state index contributed by atoms with van der Waals surface area (Å²) in [5, 5.41) is 13.0. The fourth-order valence-corrected chi connectivity index (χ4v) is 1.58. The number of nitrogens with one attached hydrogen (secondary N) is 1. The maximum absolute atomic E-state index is 9.85. The lowest BCUT2D eigenvalue weighted by Gasteiger charge is -2.14. The normalized spacial score (nSPS) is 14.7. The van der Waals surface area contributed by atoms with Crippen LogP contribution in [-0.2, 0) is 0 Å². The van der Waals surface area contributed by atoms with Gasteiger partial charge in [-0.15, -0.1) is 0 Å². The van der Waals surface area contributed by atoms with Crippen molar-refractivity contribution in [2.24, 2.45) is 4.99 Å². The average molecular weight is 205 g/mol. The Bertz CT molecular complexity index is 399. The summed E-state index contributed by atoms with van der Waals surface area (Å²) >= 11 is 0. The summed E-state index contributed by atoms with van der Waals surface area (Å²) in [4.78, 5) is 6.23. The van der Waals surface area contributed by atoms with Crippen LogP contribution in [-0.4, -0.2) is 38.1 Å². The molecule has 15 heavy (non-hydrogen) atoms. The van der Waals surface area contributed by atoms with Crippen molar-refractivity contribution in [2.75, 3.05) is 32.1 Å². The van der Waals surface area contributed by atoms with Gasteiger partial charge in [0.25, 0.3) is 0 Å². The van der Waals surface area contributed by atoms with Crippen LogP contribution in [0.25, 0.3) is 0 Å². The Morgan fingerprint density at radius 2 is 2.20 bits per heavy atom. The van der Waals surface area contributed by atoms with Crippen molar-refractivity contribution < 1.29 is 5.11 Å². The van der Waals surface area contributed by atoms with Gasteiger partial charge < -0.3 is 15.3 Å². The highest BCUT2D eigenvalue weighted by molar-refractivity contribution is 6.02. The maximum atomic E-state index is 9.85. The summed E-state index contributed by atoms with van der Waals surface area (Å²) in [6, 6.07) is 5.61. The highest BCUT2D eigenvalue weighted by Crippen LogP contribution is 2.24. The second-order valence-electron chi connectivity index (χ2n) is 3.75. The van der Waals surface area contributed by atoms with Crippen LogP contribution < -0.4 is 10.2 Å². The number of benzene rings is 1. The number of phenols is 1. The molecule has 0 spiro atoms. The maximum Gasteiger partial charge on any atom is 0.132 e. The highest BCUT2D eigenvalue weighted by Gasteiger charge is 2.12. The van der Waals surface area contributed by atoms with E-state index in [-0.39, 0.29) is 5.75 Å². The van der Waals surface area contributed by atoms with Crippen LogP contribution in [0.15, 0.2) is 23.2 Å². The lowest BCUT2D eigenvalue weighted by molar-refractivity contribution is 0.474. The van der Waals surface area contributed by atoms with Gasteiger partial charge in [-0.3, -0.25) is 4.99 Å². The molecule has 0 fully saturated rings. The van der Waals surface area contributed by atoms with Crippen molar-refractivity contribution in [3.63, 3.8) is 0 Å². The molecule has 4 nitrogen and oxygen atoms in total. The van der Waals surface area contributed by atoms with Crippen LogP contribution >= 0.6 is 0 Å². The number of hydrogen-bond donors (Lipinski definition) is 2. The third-order valence-electron chi connectivity index (χ3n) is 2.43. The fraction of sp³-hybridized carbons (Fsp3) is 0.364. The molecule has 0 aliphatic carbocycles. The second kappa shape index (κ2) is 3.81. The molecule has 0 unspecified atom stereocenters. The van der Waals surface area contributed by atoms with Crippen LogP contribution in [0.1, 0.15) is 5.56 Å².